The van der Waals surface area contributed by atoms with E-state index in [1.165, 1.54) is 18.2 Å². The van der Waals surface area contributed by atoms with Crippen molar-refractivity contribution >= 4 is 5.69 Å². The van der Waals surface area contributed by atoms with Crippen LogP contribution in [0.4, 0.5) is 5.69 Å². The summed E-state index contributed by atoms with van der Waals surface area (Å²) in [5.74, 6) is 0.149. The molecule has 20 heavy (non-hydrogen) atoms. The largest absolute Gasteiger partial charge is 0.484 e. The number of nitrogens with zero attached hydrogens (tertiary/aromatic N) is 2. The van der Waals surface area contributed by atoms with Gasteiger partial charge in [-0.2, -0.15) is 5.26 Å². The standard InChI is InChI=1S/C13H15N3O4/c1-9-6-15-7-11(20-9)8-19-13-3-2-10(5-14)4-12(13)16(17)18/h2-4,9,11,15H,6-8H2,1H3. The van der Waals surface area contributed by atoms with Gasteiger partial charge in [-0.15, -0.1) is 0 Å². The van der Waals surface area contributed by atoms with Crippen molar-refractivity contribution in [3.8, 4) is 11.8 Å². The summed E-state index contributed by atoms with van der Waals surface area (Å²) < 4.78 is 11.1. The first kappa shape index (κ1) is 14.2. The minimum Gasteiger partial charge on any atom is -0.484 e. The van der Waals surface area contributed by atoms with Crippen molar-refractivity contribution < 1.29 is 14.4 Å². The minimum absolute atomic E-state index is 0.0910. The molecule has 7 nitrogen and oxygen atoms in total. The summed E-state index contributed by atoms with van der Waals surface area (Å²) >= 11 is 0. The normalized spacial score (nSPS) is 22.0. The van der Waals surface area contributed by atoms with Crippen molar-refractivity contribution in [3.63, 3.8) is 0 Å². The van der Waals surface area contributed by atoms with Crippen LogP contribution in [0, 0.1) is 21.4 Å². The number of nitro benzene ring substituents is 1. The van der Waals surface area contributed by atoms with Crippen LogP contribution in [-0.2, 0) is 4.74 Å². The third kappa shape index (κ3) is 3.44. The maximum Gasteiger partial charge on any atom is 0.312 e. The van der Waals surface area contributed by atoms with Gasteiger partial charge in [0.15, 0.2) is 5.75 Å². The van der Waals surface area contributed by atoms with Crippen molar-refractivity contribution in [2.45, 2.75) is 19.1 Å². The van der Waals surface area contributed by atoms with E-state index in [0.717, 1.165) is 6.54 Å². The summed E-state index contributed by atoms with van der Waals surface area (Å²) in [7, 11) is 0. The predicted octanol–water partition coefficient (Wildman–Crippen LogP) is 1.22. The lowest BCUT2D eigenvalue weighted by atomic mass is 10.2. The Morgan fingerprint density at radius 2 is 2.40 bits per heavy atom. The SMILES string of the molecule is CC1CNCC(COc2ccc(C#N)cc2[N+](=O)[O-])O1. The van der Waals surface area contributed by atoms with Gasteiger partial charge in [0.25, 0.3) is 0 Å². The smallest absolute Gasteiger partial charge is 0.312 e. The van der Waals surface area contributed by atoms with Gasteiger partial charge in [-0.1, -0.05) is 0 Å². The Morgan fingerprint density at radius 3 is 3.05 bits per heavy atom. The highest BCUT2D eigenvalue weighted by Crippen LogP contribution is 2.28. The molecular formula is C13H15N3O4. The number of benzene rings is 1. The molecule has 1 heterocycles. The maximum atomic E-state index is 11.0. The summed E-state index contributed by atoms with van der Waals surface area (Å²) in [6, 6.07) is 6.00. The first-order valence-corrected chi connectivity index (χ1v) is 6.27. The number of morpholine rings is 1. The van der Waals surface area contributed by atoms with Gasteiger partial charge in [-0.3, -0.25) is 10.1 Å². The molecule has 2 atom stereocenters. The monoisotopic (exact) mass is 277 g/mol. The molecule has 7 heteroatoms. The molecule has 1 N–H and O–H groups in total. The first-order chi connectivity index (χ1) is 9.60. The number of hydrogen-bond acceptors (Lipinski definition) is 6. The van der Waals surface area contributed by atoms with Gasteiger partial charge >= 0.3 is 5.69 Å². The van der Waals surface area contributed by atoms with Crippen LogP contribution in [-0.4, -0.2) is 36.8 Å². The third-order valence-electron chi connectivity index (χ3n) is 2.94. The molecule has 1 fully saturated rings. The van der Waals surface area contributed by atoms with Crippen LogP contribution in [0.2, 0.25) is 0 Å². The maximum absolute atomic E-state index is 11.0. The zero-order valence-corrected chi connectivity index (χ0v) is 11.0. The Hall–Kier alpha value is -2.17. The summed E-state index contributed by atoms with van der Waals surface area (Å²) in [6.45, 7) is 3.61. The number of nitrogens with one attached hydrogen (secondary N) is 1. The molecule has 0 amide bonds. The van der Waals surface area contributed by atoms with Gasteiger partial charge in [0, 0.05) is 19.2 Å². The molecule has 1 aliphatic heterocycles. The lowest BCUT2D eigenvalue weighted by Gasteiger charge is -2.28. The second-order valence-corrected chi connectivity index (χ2v) is 4.59. The van der Waals surface area contributed by atoms with E-state index in [2.05, 4.69) is 5.32 Å². The van der Waals surface area contributed by atoms with Crippen LogP contribution in [0.25, 0.3) is 0 Å². The van der Waals surface area contributed by atoms with Gasteiger partial charge in [-0.25, -0.2) is 0 Å². The fraction of sp³-hybridized carbons (Fsp3) is 0.462. The average Bonchev–Trinajstić information content (AvgIpc) is 2.45. The fourth-order valence-electron chi connectivity index (χ4n) is 2.00. The van der Waals surface area contributed by atoms with Crippen molar-refractivity contribution in [1.29, 1.82) is 5.26 Å². The third-order valence-corrected chi connectivity index (χ3v) is 2.94. The Kier molecular flexibility index (Phi) is 4.50. The van der Waals surface area contributed by atoms with E-state index < -0.39 is 4.92 Å². The van der Waals surface area contributed by atoms with Gasteiger partial charge in [0.1, 0.15) is 12.7 Å². The summed E-state index contributed by atoms with van der Waals surface area (Å²) in [4.78, 5) is 10.4. The van der Waals surface area contributed by atoms with E-state index in [-0.39, 0.29) is 35.8 Å². The van der Waals surface area contributed by atoms with Crippen molar-refractivity contribution in [3.05, 3.63) is 33.9 Å². The molecule has 0 saturated carbocycles. The molecule has 106 valence electrons. The second kappa shape index (κ2) is 6.32. The predicted molar refractivity (Wildman–Crippen MR) is 70.5 cm³/mol. The van der Waals surface area contributed by atoms with Crippen LogP contribution in [0.5, 0.6) is 5.75 Å². The van der Waals surface area contributed by atoms with Crippen molar-refractivity contribution in [1.82, 2.24) is 5.32 Å². The van der Waals surface area contributed by atoms with Crippen molar-refractivity contribution in [2.75, 3.05) is 19.7 Å². The average molecular weight is 277 g/mol. The van der Waals surface area contributed by atoms with E-state index in [9.17, 15) is 10.1 Å². The fourth-order valence-corrected chi connectivity index (χ4v) is 2.00. The Balaban J connectivity index is 2.05. The zero-order valence-electron chi connectivity index (χ0n) is 11.0. The zero-order chi connectivity index (χ0) is 14.5. The van der Waals surface area contributed by atoms with E-state index in [4.69, 9.17) is 14.7 Å². The molecular weight excluding hydrogens is 262 g/mol. The number of nitro groups is 1. The number of rotatable bonds is 4. The molecule has 1 aliphatic rings. The number of hydrogen-bond donors (Lipinski definition) is 1. The van der Waals surface area contributed by atoms with Gasteiger partial charge in [0.2, 0.25) is 0 Å². The lowest BCUT2D eigenvalue weighted by molar-refractivity contribution is -0.386. The Bertz CT molecular complexity index is 541. The quantitative estimate of drug-likeness (QED) is 0.656. The van der Waals surface area contributed by atoms with E-state index in [1.54, 1.807) is 0 Å². The minimum atomic E-state index is -0.557. The molecule has 1 aromatic carbocycles. The van der Waals surface area contributed by atoms with E-state index >= 15 is 0 Å². The van der Waals surface area contributed by atoms with Crippen LogP contribution in [0.3, 0.4) is 0 Å². The second-order valence-electron chi connectivity index (χ2n) is 4.59. The van der Waals surface area contributed by atoms with Gasteiger partial charge in [0.05, 0.1) is 22.7 Å². The Morgan fingerprint density at radius 1 is 1.60 bits per heavy atom. The molecule has 2 rings (SSSR count). The van der Waals surface area contributed by atoms with Gasteiger partial charge in [-0.05, 0) is 19.1 Å². The van der Waals surface area contributed by atoms with Crippen LogP contribution < -0.4 is 10.1 Å². The Labute approximate surface area is 116 Å². The van der Waals surface area contributed by atoms with Crippen molar-refractivity contribution in [2.24, 2.45) is 0 Å². The molecule has 0 radical (unpaired) electrons. The van der Waals surface area contributed by atoms with E-state index in [1.807, 2.05) is 13.0 Å². The molecule has 1 aromatic rings. The molecule has 1 saturated heterocycles. The molecule has 0 aromatic heterocycles. The van der Waals surface area contributed by atoms with Crippen LogP contribution >= 0.6 is 0 Å². The highest BCUT2D eigenvalue weighted by atomic mass is 16.6. The first-order valence-electron chi connectivity index (χ1n) is 6.27. The van der Waals surface area contributed by atoms with Crippen LogP contribution in [0.15, 0.2) is 18.2 Å². The highest BCUT2D eigenvalue weighted by Gasteiger charge is 2.22. The molecule has 0 spiro atoms. The topological polar surface area (TPSA) is 97.4 Å². The highest BCUT2D eigenvalue weighted by molar-refractivity contribution is 5.51. The van der Waals surface area contributed by atoms with E-state index in [0.29, 0.717) is 6.54 Å². The van der Waals surface area contributed by atoms with Gasteiger partial charge < -0.3 is 14.8 Å². The number of nitriles is 1. The molecule has 0 aliphatic carbocycles. The summed E-state index contributed by atoms with van der Waals surface area (Å²) in [5, 5.41) is 22.9. The summed E-state index contributed by atoms with van der Waals surface area (Å²) in [5.41, 5.74) is 0.0223. The molecule has 2 unspecified atom stereocenters. The number of ether oxygens (including phenoxy) is 2. The summed E-state index contributed by atoms with van der Waals surface area (Å²) in [6.07, 6.45) is -0.0534. The van der Waals surface area contributed by atoms with Crippen LogP contribution in [0.1, 0.15) is 12.5 Å². The molecule has 0 bridgehead atoms. The lowest BCUT2D eigenvalue weighted by Crippen LogP contribution is -2.45.